The molecule has 3 rings (SSSR count). The van der Waals surface area contributed by atoms with Crippen molar-refractivity contribution in [3.8, 4) is 0 Å². The summed E-state index contributed by atoms with van der Waals surface area (Å²) < 4.78 is 28.8. The smallest absolute Gasteiger partial charge is 0.407 e. The van der Waals surface area contributed by atoms with Gasteiger partial charge in [-0.2, -0.15) is 0 Å². The van der Waals surface area contributed by atoms with Crippen LogP contribution >= 0.6 is 0 Å². The number of hydrogen-bond donors (Lipinski definition) is 2. The number of hydrogen-bond acceptors (Lipinski definition) is 7. The minimum Gasteiger partial charge on any atom is -0.444 e. The van der Waals surface area contributed by atoms with Crippen LogP contribution in [0.5, 0.6) is 0 Å². The number of carbonyl (C=O) groups excluding carboxylic acids is 1. The van der Waals surface area contributed by atoms with E-state index in [4.69, 9.17) is 29.4 Å². The monoisotopic (exact) mass is 330 g/mol. The fourth-order valence-corrected chi connectivity index (χ4v) is 3.22. The van der Waals surface area contributed by atoms with Crippen molar-refractivity contribution >= 4 is 6.09 Å². The summed E-state index contributed by atoms with van der Waals surface area (Å²) in [5, 5.41) is 2.74. The first-order chi connectivity index (χ1) is 10.5. The highest BCUT2D eigenvalue weighted by atomic mass is 16.8. The first-order valence-electron chi connectivity index (χ1n) is 7.89. The minimum atomic E-state index is -0.824. The van der Waals surface area contributed by atoms with Gasteiger partial charge in [-0.1, -0.05) is 0 Å². The molecule has 0 aromatic heterocycles. The molecular formula is C15H26N2O6. The molecule has 0 spiro atoms. The van der Waals surface area contributed by atoms with Crippen LogP contribution in [0, 0.1) is 0 Å². The highest BCUT2D eigenvalue weighted by Gasteiger charge is 2.65. The van der Waals surface area contributed by atoms with E-state index in [0.717, 1.165) is 0 Å². The number of ether oxygens (including phenoxy) is 5. The lowest BCUT2D eigenvalue weighted by Crippen LogP contribution is -2.65. The average molecular weight is 330 g/mol. The standard InChI is InChI=1S/C15H26N2O6/c1-13(2,3)23-12(18)17-6-15-7-19-11(22-15)8(16)9-10(15)21-14(4,5)20-9/h8-11H,6-7,16H2,1-5H3,(H,17,18)/t8-,9?,10-,11?,15?/m1/s1. The maximum atomic E-state index is 11.9. The lowest BCUT2D eigenvalue weighted by molar-refractivity contribution is -0.190. The second-order valence-corrected chi connectivity index (χ2v) is 7.82. The molecule has 1 amide bonds. The Bertz CT molecular complexity index is 491. The summed E-state index contributed by atoms with van der Waals surface area (Å²) in [7, 11) is 0. The van der Waals surface area contributed by atoms with Gasteiger partial charge in [-0.05, 0) is 34.6 Å². The summed E-state index contributed by atoms with van der Waals surface area (Å²) >= 11 is 0. The Hall–Kier alpha value is -0.930. The van der Waals surface area contributed by atoms with E-state index < -0.39 is 41.5 Å². The molecule has 132 valence electrons. The van der Waals surface area contributed by atoms with E-state index in [1.165, 1.54) is 0 Å². The van der Waals surface area contributed by atoms with Gasteiger partial charge in [-0.3, -0.25) is 0 Å². The van der Waals surface area contributed by atoms with Gasteiger partial charge in [0.05, 0.1) is 19.2 Å². The summed E-state index contributed by atoms with van der Waals surface area (Å²) in [6, 6.07) is -0.432. The predicted octanol–water partition coefficient (Wildman–Crippen LogP) is 0.484. The number of rotatable bonds is 2. The molecule has 3 aliphatic rings. The summed E-state index contributed by atoms with van der Waals surface area (Å²) in [5.41, 5.74) is 4.76. The fraction of sp³-hybridized carbons (Fsp3) is 0.933. The first-order valence-corrected chi connectivity index (χ1v) is 7.89. The Balaban J connectivity index is 1.71. The second kappa shape index (κ2) is 5.29. The van der Waals surface area contributed by atoms with Crippen molar-refractivity contribution in [3.63, 3.8) is 0 Å². The molecule has 0 aliphatic carbocycles. The van der Waals surface area contributed by atoms with Crippen LogP contribution in [0.3, 0.4) is 0 Å². The van der Waals surface area contributed by atoms with Crippen molar-refractivity contribution < 1.29 is 28.5 Å². The van der Waals surface area contributed by atoms with Gasteiger partial charge in [-0.25, -0.2) is 4.79 Å². The van der Waals surface area contributed by atoms with Crippen LogP contribution in [0.4, 0.5) is 4.79 Å². The zero-order valence-electron chi connectivity index (χ0n) is 14.3. The minimum absolute atomic E-state index is 0.200. The molecule has 8 nitrogen and oxygen atoms in total. The first kappa shape index (κ1) is 16.9. The van der Waals surface area contributed by atoms with Gasteiger partial charge in [0.1, 0.15) is 23.4 Å². The predicted molar refractivity (Wildman–Crippen MR) is 79.6 cm³/mol. The van der Waals surface area contributed by atoms with Crippen molar-refractivity contribution in [3.05, 3.63) is 0 Å². The molecule has 23 heavy (non-hydrogen) atoms. The van der Waals surface area contributed by atoms with Crippen LogP contribution in [0.25, 0.3) is 0 Å². The number of nitrogens with two attached hydrogens (primary N) is 1. The molecule has 3 heterocycles. The van der Waals surface area contributed by atoms with Crippen LogP contribution in [-0.2, 0) is 23.7 Å². The second-order valence-electron chi connectivity index (χ2n) is 7.82. The summed E-state index contributed by atoms with van der Waals surface area (Å²) in [5.74, 6) is -0.750. The van der Waals surface area contributed by atoms with Crippen LogP contribution in [-0.4, -0.2) is 60.8 Å². The molecule has 8 heteroatoms. The Morgan fingerprint density at radius 3 is 2.65 bits per heavy atom. The van der Waals surface area contributed by atoms with E-state index in [1.807, 2.05) is 34.6 Å². The number of amides is 1. The SMILES string of the molecule is CC(C)(C)OC(=O)NCC12COC(O1)[C@H](N)C1OC(C)(C)O[C@H]12. The van der Waals surface area contributed by atoms with E-state index >= 15 is 0 Å². The topological polar surface area (TPSA) is 101 Å². The summed E-state index contributed by atoms with van der Waals surface area (Å²) in [4.78, 5) is 11.9. The van der Waals surface area contributed by atoms with E-state index in [-0.39, 0.29) is 19.3 Å². The molecule has 3 aliphatic heterocycles. The van der Waals surface area contributed by atoms with Crippen LogP contribution in [0.2, 0.25) is 0 Å². The molecule has 0 saturated carbocycles. The number of nitrogens with one attached hydrogen (secondary N) is 1. The van der Waals surface area contributed by atoms with Crippen LogP contribution in [0.1, 0.15) is 34.6 Å². The van der Waals surface area contributed by atoms with Gasteiger partial charge >= 0.3 is 6.09 Å². The van der Waals surface area contributed by atoms with E-state index in [1.54, 1.807) is 0 Å². The lowest BCUT2D eigenvalue weighted by atomic mass is 9.88. The third-order valence-electron chi connectivity index (χ3n) is 4.11. The summed E-state index contributed by atoms with van der Waals surface area (Å²) in [6.45, 7) is 9.57. The molecule has 3 fully saturated rings. The van der Waals surface area contributed by atoms with Crippen molar-refractivity contribution in [2.45, 2.75) is 76.1 Å². The molecule has 3 N–H and O–H groups in total. The van der Waals surface area contributed by atoms with Crippen molar-refractivity contribution in [1.29, 1.82) is 0 Å². The maximum absolute atomic E-state index is 11.9. The lowest BCUT2D eigenvalue weighted by Gasteiger charge is -2.41. The molecular weight excluding hydrogens is 304 g/mol. The van der Waals surface area contributed by atoms with Gasteiger partial charge in [0, 0.05) is 0 Å². The van der Waals surface area contributed by atoms with Gasteiger partial charge in [0.2, 0.25) is 0 Å². The van der Waals surface area contributed by atoms with Crippen LogP contribution in [0.15, 0.2) is 0 Å². The van der Waals surface area contributed by atoms with Crippen molar-refractivity contribution in [1.82, 2.24) is 5.32 Å². The van der Waals surface area contributed by atoms with Crippen molar-refractivity contribution in [2.24, 2.45) is 5.73 Å². The average Bonchev–Trinajstić information content (AvgIpc) is 2.93. The number of alkyl carbamates (subject to hydrolysis) is 1. The largest absolute Gasteiger partial charge is 0.444 e. The van der Waals surface area contributed by atoms with E-state index in [9.17, 15) is 4.79 Å². The molecule has 2 bridgehead atoms. The number of fused-ring (bicyclic) bond motifs is 4. The molecule has 0 radical (unpaired) electrons. The fourth-order valence-electron chi connectivity index (χ4n) is 3.22. The van der Waals surface area contributed by atoms with Crippen LogP contribution < -0.4 is 11.1 Å². The quantitative estimate of drug-likeness (QED) is 0.759. The maximum Gasteiger partial charge on any atom is 0.407 e. The molecule has 3 unspecified atom stereocenters. The zero-order valence-corrected chi connectivity index (χ0v) is 14.3. The molecule has 3 saturated heterocycles. The molecule has 5 atom stereocenters. The summed E-state index contributed by atoms with van der Waals surface area (Å²) in [6.07, 6.45) is -1.83. The van der Waals surface area contributed by atoms with Gasteiger partial charge in [0.15, 0.2) is 12.1 Å². The highest BCUT2D eigenvalue weighted by Crippen LogP contribution is 2.45. The Morgan fingerprint density at radius 1 is 1.30 bits per heavy atom. The van der Waals surface area contributed by atoms with Crippen molar-refractivity contribution in [2.75, 3.05) is 13.2 Å². The zero-order chi connectivity index (χ0) is 17.0. The number of carbonyl (C=O) groups is 1. The third-order valence-corrected chi connectivity index (χ3v) is 4.11. The molecule has 0 aromatic carbocycles. The van der Waals surface area contributed by atoms with Gasteiger partial charge in [-0.15, -0.1) is 0 Å². The Kier molecular flexibility index (Phi) is 3.89. The third kappa shape index (κ3) is 3.18. The van der Waals surface area contributed by atoms with Gasteiger partial charge < -0.3 is 34.7 Å². The highest BCUT2D eigenvalue weighted by molar-refractivity contribution is 5.67. The van der Waals surface area contributed by atoms with Gasteiger partial charge in [0.25, 0.3) is 0 Å². The van der Waals surface area contributed by atoms with E-state index in [0.29, 0.717) is 0 Å². The molecule has 0 aromatic rings. The Labute approximate surface area is 135 Å². The Morgan fingerprint density at radius 2 is 2.00 bits per heavy atom. The normalized spacial score (nSPS) is 41.5. The van der Waals surface area contributed by atoms with E-state index in [2.05, 4.69) is 5.32 Å².